The van der Waals surface area contributed by atoms with Gasteiger partial charge in [0.2, 0.25) is 0 Å². The van der Waals surface area contributed by atoms with E-state index in [0.29, 0.717) is 11.8 Å². The minimum Gasteiger partial charge on any atom is -0.384 e. The lowest BCUT2D eigenvalue weighted by Gasteiger charge is -2.22. The maximum Gasteiger partial charge on any atom is 0.269 e. The first-order valence-corrected chi connectivity index (χ1v) is 7.11. The van der Waals surface area contributed by atoms with E-state index in [-0.39, 0.29) is 10.6 Å². The Kier molecular flexibility index (Phi) is 4.93. The van der Waals surface area contributed by atoms with E-state index in [2.05, 4.69) is 43.4 Å². The lowest BCUT2D eigenvalue weighted by Crippen LogP contribution is -2.17. The molecule has 0 amide bonds. The molecule has 0 aliphatic rings. The summed E-state index contributed by atoms with van der Waals surface area (Å²) in [5.74, 6) is 0.916. The normalized spacial score (nSPS) is 12.1. The largest absolute Gasteiger partial charge is 0.384 e. The van der Waals surface area contributed by atoms with Gasteiger partial charge in [-0.2, -0.15) is 0 Å². The van der Waals surface area contributed by atoms with Gasteiger partial charge in [0, 0.05) is 30.3 Å². The number of non-ortho nitro benzene ring substituents is 1. The number of nitrogens with zero attached hydrogens (tertiary/aromatic N) is 1. The summed E-state index contributed by atoms with van der Waals surface area (Å²) in [6.45, 7) is 5.21. The van der Waals surface area contributed by atoms with Crippen molar-refractivity contribution in [3.05, 3.63) is 70.3 Å². The van der Waals surface area contributed by atoms with Crippen LogP contribution in [0.25, 0.3) is 0 Å². The molecule has 2 rings (SSSR count). The zero-order valence-corrected chi connectivity index (χ0v) is 12.3. The predicted molar refractivity (Wildman–Crippen MR) is 85.6 cm³/mol. The van der Waals surface area contributed by atoms with Crippen LogP contribution in [0.5, 0.6) is 0 Å². The third kappa shape index (κ3) is 4.05. The Morgan fingerprint density at radius 1 is 1.05 bits per heavy atom. The van der Waals surface area contributed by atoms with E-state index < -0.39 is 0 Å². The van der Waals surface area contributed by atoms with E-state index in [0.717, 1.165) is 12.2 Å². The predicted octanol–water partition coefficient (Wildman–Crippen LogP) is 4.45. The molecular weight excluding hydrogens is 264 g/mol. The summed E-state index contributed by atoms with van der Waals surface area (Å²) in [6, 6.07) is 17.0. The van der Waals surface area contributed by atoms with Crippen LogP contribution in [0.15, 0.2) is 54.6 Å². The van der Waals surface area contributed by atoms with Crippen LogP contribution in [0.1, 0.15) is 25.3 Å². The summed E-state index contributed by atoms with van der Waals surface area (Å²) in [5.41, 5.74) is 2.33. The molecule has 0 spiro atoms. The Morgan fingerprint density at radius 2 is 1.67 bits per heavy atom. The third-order valence-corrected chi connectivity index (χ3v) is 3.64. The highest BCUT2D eigenvalue weighted by Crippen LogP contribution is 2.25. The van der Waals surface area contributed by atoms with Crippen molar-refractivity contribution < 1.29 is 4.92 Å². The Hall–Kier alpha value is -2.36. The van der Waals surface area contributed by atoms with Crippen LogP contribution < -0.4 is 5.32 Å². The lowest BCUT2D eigenvalue weighted by atomic mass is 9.88. The molecule has 1 unspecified atom stereocenters. The summed E-state index contributed by atoms with van der Waals surface area (Å²) < 4.78 is 0. The van der Waals surface area contributed by atoms with E-state index in [1.807, 2.05) is 6.07 Å². The molecule has 0 aliphatic carbocycles. The topological polar surface area (TPSA) is 55.2 Å². The summed E-state index contributed by atoms with van der Waals surface area (Å²) >= 11 is 0. The van der Waals surface area contributed by atoms with Crippen molar-refractivity contribution in [1.29, 1.82) is 0 Å². The number of nitro groups is 1. The van der Waals surface area contributed by atoms with E-state index >= 15 is 0 Å². The van der Waals surface area contributed by atoms with Crippen LogP contribution in [0.3, 0.4) is 0 Å². The number of benzene rings is 2. The van der Waals surface area contributed by atoms with E-state index in [4.69, 9.17) is 0 Å². The molecule has 21 heavy (non-hydrogen) atoms. The first-order chi connectivity index (χ1) is 10.1. The molecule has 2 aromatic rings. The number of rotatable bonds is 6. The molecule has 0 aliphatic heterocycles. The van der Waals surface area contributed by atoms with Crippen LogP contribution in [0.4, 0.5) is 11.4 Å². The molecular formula is C17H20N2O2. The summed E-state index contributed by atoms with van der Waals surface area (Å²) in [7, 11) is 0. The molecule has 0 aromatic heterocycles. The zero-order valence-electron chi connectivity index (χ0n) is 12.3. The molecule has 1 atom stereocenters. The molecule has 1 N–H and O–H groups in total. The molecule has 0 fully saturated rings. The molecule has 0 saturated heterocycles. The minimum atomic E-state index is -0.384. The van der Waals surface area contributed by atoms with Crippen LogP contribution in [-0.2, 0) is 0 Å². The molecule has 110 valence electrons. The maximum atomic E-state index is 10.6. The smallest absolute Gasteiger partial charge is 0.269 e. The van der Waals surface area contributed by atoms with Gasteiger partial charge >= 0.3 is 0 Å². The molecule has 0 saturated carbocycles. The zero-order chi connectivity index (χ0) is 15.2. The van der Waals surface area contributed by atoms with Crippen LogP contribution in [0, 0.1) is 16.0 Å². The van der Waals surface area contributed by atoms with Crippen LogP contribution in [0.2, 0.25) is 0 Å². The average Bonchev–Trinajstić information content (AvgIpc) is 2.48. The van der Waals surface area contributed by atoms with Crippen molar-refractivity contribution in [3.63, 3.8) is 0 Å². The molecule has 4 nitrogen and oxygen atoms in total. The van der Waals surface area contributed by atoms with Gasteiger partial charge in [0.1, 0.15) is 0 Å². The van der Waals surface area contributed by atoms with Crippen molar-refractivity contribution >= 4 is 11.4 Å². The summed E-state index contributed by atoms with van der Waals surface area (Å²) in [6.07, 6.45) is 0. The quantitative estimate of drug-likeness (QED) is 0.630. The number of anilines is 1. The van der Waals surface area contributed by atoms with E-state index in [1.54, 1.807) is 12.1 Å². The van der Waals surface area contributed by atoms with E-state index in [9.17, 15) is 10.1 Å². The van der Waals surface area contributed by atoms with E-state index in [1.165, 1.54) is 17.7 Å². The number of nitrogens with one attached hydrogen (secondary N) is 1. The third-order valence-electron chi connectivity index (χ3n) is 3.64. The van der Waals surface area contributed by atoms with Gasteiger partial charge < -0.3 is 5.32 Å². The first-order valence-electron chi connectivity index (χ1n) is 7.11. The Bertz CT molecular complexity index is 579. The SMILES string of the molecule is CC(C)C(CNc1ccc([N+](=O)[O-])cc1)c1ccccc1. The highest BCUT2D eigenvalue weighted by Gasteiger charge is 2.15. The van der Waals surface area contributed by atoms with Crippen molar-refractivity contribution in [2.75, 3.05) is 11.9 Å². The fourth-order valence-corrected chi connectivity index (χ4v) is 2.37. The van der Waals surface area contributed by atoms with Gasteiger partial charge in [0.15, 0.2) is 0 Å². The van der Waals surface area contributed by atoms with Crippen LogP contribution >= 0.6 is 0 Å². The summed E-state index contributed by atoms with van der Waals surface area (Å²) in [4.78, 5) is 10.3. The number of nitro benzene ring substituents is 1. The molecule has 0 bridgehead atoms. The number of hydrogen-bond acceptors (Lipinski definition) is 3. The second-order valence-electron chi connectivity index (χ2n) is 5.45. The Labute approximate surface area is 125 Å². The highest BCUT2D eigenvalue weighted by atomic mass is 16.6. The number of hydrogen-bond donors (Lipinski definition) is 1. The van der Waals surface area contributed by atoms with Crippen LogP contribution in [-0.4, -0.2) is 11.5 Å². The Balaban J connectivity index is 2.04. The van der Waals surface area contributed by atoms with Crippen molar-refractivity contribution in [1.82, 2.24) is 0 Å². The second-order valence-corrected chi connectivity index (χ2v) is 5.45. The fourth-order valence-electron chi connectivity index (χ4n) is 2.37. The minimum absolute atomic E-state index is 0.115. The van der Waals surface area contributed by atoms with Gasteiger partial charge in [-0.15, -0.1) is 0 Å². The molecule has 0 radical (unpaired) electrons. The maximum absolute atomic E-state index is 10.6. The molecule has 4 heteroatoms. The molecule has 2 aromatic carbocycles. The van der Waals surface area contributed by atoms with Gasteiger partial charge in [-0.05, 0) is 23.6 Å². The second kappa shape index (κ2) is 6.88. The Morgan fingerprint density at radius 3 is 2.19 bits per heavy atom. The first kappa shape index (κ1) is 15.0. The standard InChI is InChI=1S/C17H20N2O2/c1-13(2)17(14-6-4-3-5-7-14)12-18-15-8-10-16(11-9-15)19(20)21/h3-11,13,17-18H,12H2,1-2H3. The van der Waals surface area contributed by atoms with Crippen molar-refractivity contribution in [2.24, 2.45) is 5.92 Å². The highest BCUT2D eigenvalue weighted by molar-refractivity contribution is 5.48. The monoisotopic (exact) mass is 284 g/mol. The average molecular weight is 284 g/mol. The summed E-state index contributed by atoms with van der Waals surface area (Å²) in [5, 5.41) is 14.0. The van der Waals surface area contributed by atoms with Crippen molar-refractivity contribution in [3.8, 4) is 0 Å². The molecule has 0 heterocycles. The lowest BCUT2D eigenvalue weighted by molar-refractivity contribution is -0.384. The fraction of sp³-hybridized carbons (Fsp3) is 0.294. The van der Waals surface area contributed by atoms with Crippen molar-refractivity contribution in [2.45, 2.75) is 19.8 Å². The van der Waals surface area contributed by atoms with Gasteiger partial charge in [-0.3, -0.25) is 10.1 Å². The van der Waals surface area contributed by atoms with Gasteiger partial charge in [0.25, 0.3) is 5.69 Å². The van der Waals surface area contributed by atoms with Gasteiger partial charge in [0.05, 0.1) is 4.92 Å². The van der Waals surface area contributed by atoms with Gasteiger partial charge in [-0.1, -0.05) is 44.2 Å². The van der Waals surface area contributed by atoms with Gasteiger partial charge in [-0.25, -0.2) is 0 Å².